The molecule has 0 aliphatic rings. The van der Waals surface area contributed by atoms with Gasteiger partial charge in [0.05, 0.1) is 5.69 Å². The molecule has 1 N–H and O–H groups in total. The number of alkyl halides is 1. The Labute approximate surface area is 131 Å². The van der Waals surface area contributed by atoms with Gasteiger partial charge in [0.15, 0.2) is 0 Å². The van der Waals surface area contributed by atoms with Gasteiger partial charge in [0.2, 0.25) is 16.7 Å². The van der Waals surface area contributed by atoms with E-state index in [0.717, 1.165) is 0 Å². The van der Waals surface area contributed by atoms with Crippen LogP contribution in [0.15, 0.2) is 54.6 Å². The molecule has 21 heavy (non-hydrogen) atoms. The van der Waals surface area contributed by atoms with E-state index in [1.165, 1.54) is 6.92 Å². The third kappa shape index (κ3) is 4.16. The second-order valence-corrected chi connectivity index (χ2v) is 5.17. The Bertz CT molecular complexity index is 643. The molecular weight excluding hydrogens is 334 g/mol. The average molecular weight is 348 g/mol. The van der Waals surface area contributed by atoms with Crippen molar-refractivity contribution in [3.05, 3.63) is 60.2 Å². The van der Waals surface area contributed by atoms with Crippen molar-refractivity contribution in [2.24, 2.45) is 0 Å². The Morgan fingerprint density at radius 1 is 1.05 bits per heavy atom. The summed E-state index contributed by atoms with van der Waals surface area (Å²) in [5, 5.41) is 1.84. The molecule has 1 amide bonds. The van der Waals surface area contributed by atoms with Gasteiger partial charge in [-0.3, -0.25) is 9.59 Å². The number of carbonyl (C=O) groups excluding carboxylic acids is 2. The lowest BCUT2D eigenvalue weighted by molar-refractivity contribution is -0.114. The standard InChI is InChI=1S/C16H14BrNO3/c1-11(19)18-13-9-5-6-10-14(13)21-16(17)15(20)12-7-3-2-4-8-12/h2-10,16H,1H3,(H,18,19). The number of ether oxygens (including phenoxy) is 1. The molecule has 2 rings (SSSR count). The number of amides is 1. The second kappa shape index (κ2) is 7.04. The Balaban J connectivity index is 2.14. The van der Waals surface area contributed by atoms with E-state index in [1.54, 1.807) is 48.5 Å². The van der Waals surface area contributed by atoms with Crippen LogP contribution < -0.4 is 10.1 Å². The second-order valence-electron chi connectivity index (χ2n) is 4.34. The molecule has 0 fully saturated rings. The van der Waals surface area contributed by atoms with Crippen LogP contribution in [0.5, 0.6) is 5.75 Å². The highest BCUT2D eigenvalue weighted by molar-refractivity contribution is 9.09. The largest absolute Gasteiger partial charge is 0.469 e. The number of hydrogen-bond acceptors (Lipinski definition) is 3. The van der Waals surface area contributed by atoms with E-state index in [4.69, 9.17) is 4.74 Å². The van der Waals surface area contributed by atoms with Crippen LogP contribution in [0.2, 0.25) is 0 Å². The lowest BCUT2D eigenvalue weighted by atomic mass is 10.1. The van der Waals surface area contributed by atoms with Crippen LogP contribution in [0.1, 0.15) is 17.3 Å². The molecule has 0 spiro atoms. The van der Waals surface area contributed by atoms with Gasteiger partial charge in [-0.2, -0.15) is 0 Å². The molecule has 0 aliphatic heterocycles. The van der Waals surface area contributed by atoms with E-state index in [1.807, 2.05) is 6.07 Å². The van der Waals surface area contributed by atoms with Crippen molar-refractivity contribution in [3.63, 3.8) is 0 Å². The number of carbonyl (C=O) groups is 2. The van der Waals surface area contributed by atoms with Crippen molar-refractivity contribution in [2.45, 2.75) is 11.9 Å². The van der Waals surface area contributed by atoms with Crippen LogP contribution in [0.3, 0.4) is 0 Å². The molecule has 5 heteroatoms. The quantitative estimate of drug-likeness (QED) is 0.663. The van der Waals surface area contributed by atoms with Gasteiger partial charge >= 0.3 is 0 Å². The number of anilines is 1. The molecular formula is C16H14BrNO3. The molecule has 0 saturated carbocycles. The van der Waals surface area contributed by atoms with Gasteiger partial charge in [-0.15, -0.1) is 0 Å². The van der Waals surface area contributed by atoms with E-state index in [9.17, 15) is 9.59 Å². The summed E-state index contributed by atoms with van der Waals surface area (Å²) in [7, 11) is 0. The van der Waals surface area contributed by atoms with E-state index < -0.39 is 5.01 Å². The van der Waals surface area contributed by atoms with Crippen molar-refractivity contribution in [1.29, 1.82) is 0 Å². The first-order valence-corrected chi connectivity index (χ1v) is 7.26. The highest BCUT2D eigenvalue weighted by Gasteiger charge is 2.19. The molecule has 0 bridgehead atoms. The molecule has 2 aromatic carbocycles. The first-order valence-electron chi connectivity index (χ1n) is 6.34. The first-order chi connectivity index (χ1) is 10.1. The highest BCUT2D eigenvalue weighted by atomic mass is 79.9. The zero-order valence-electron chi connectivity index (χ0n) is 11.4. The number of rotatable bonds is 5. The maximum absolute atomic E-state index is 12.2. The van der Waals surface area contributed by atoms with Crippen LogP contribution >= 0.6 is 15.9 Å². The molecule has 2 aromatic rings. The van der Waals surface area contributed by atoms with Crippen LogP contribution in [0.25, 0.3) is 0 Å². The van der Waals surface area contributed by atoms with Gasteiger partial charge in [0, 0.05) is 12.5 Å². The molecule has 0 heterocycles. The van der Waals surface area contributed by atoms with Crippen molar-refractivity contribution in [1.82, 2.24) is 0 Å². The number of nitrogens with one attached hydrogen (secondary N) is 1. The summed E-state index contributed by atoms with van der Waals surface area (Å²) >= 11 is 3.23. The molecule has 0 radical (unpaired) electrons. The first kappa shape index (κ1) is 15.3. The minimum atomic E-state index is -0.824. The summed E-state index contributed by atoms with van der Waals surface area (Å²) in [6.45, 7) is 1.41. The topological polar surface area (TPSA) is 55.4 Å². The zero-order chi connectivity index (χ0) is 15.2. The fourth-order valence-corrected chi connectivity index (χ4v) is 2.23. The van der Waals surface area contributed by atoms with E-state index >= 15 is 0 Å². The lowest BCUT2D eigenvalue weighted by Gasteiger charge is -2.15. The van der Waals surface area contributed by atoms with Gasteiger partial charge < -0.3 is 10.1 Å². The van der Waals surface area contributed by atoms with Crippen LogP contribution in [-0.2, 0) is 4.79 Å². The van der Waals surface area contributed by atoms with Crippen LogP contribution in [-0.4, -0.2) is 16.7 Å². The third-order valence-corrected chi connectivity index (χ3v) is 3.30. The molecule has 0 aromatic heterocycles. The van der Waals surface area contributed by atoms with Gasteiger partial charge in [-0.25, -0.2) is 0 Å². The minimum Gasteiger partial charge on any atom is -0.469 e. The normalized spacial score (nSPS) is 11.5. The van der Waals surface area contributed by atoms with E-state index in [2.05, 4.69) is 21.2 Å². The summed E-state index contributed by atoms with van der Waals surface area (Å²) in [5.41, 5.74) is 1.08. The maximum atomic E-state index is 12.2. The van der Waals surface area contributed by atoms with Crippen molar-refractivity contribution in [2.75, 3.05) is 5.32 Å². The van der Waals surface area contributed by atoms with Crippen molar-refractivity contribution in [3.8, 4) is 5.75 Å². The molecule has 1 atom stereocenters. The Morgan fingerprint density at radius 2 is 1.67 bits per heavy atom. The molecule has 0 aliphatic carbocycles. The van der Waals surface area contributed by atoms with Gasteiger partial charge in [0.25, 0.3) is 0 Å². The van der Waals surface area contributed by atoms with Gasteiger partial charge in [0.1, 0.15) is 5.75 Å². The zero-order valence-corrected chi connectivity index (χ0v) is 13.0. The van der Waals surface area contributed by atoms with Crippen LogP contribution in [0, 0.1) is 0 Å². The average Bonchev–Trinajstić information content (AvgIpc) is 2.49. The Hall–Kier alpha value is -2.14. The van der Waals surface area contributed by atoms with Crippen LogP contribution in [0.4, 0.5) is 5.69 Å². The summed E-state index contributed by atoms with van der Waals surface area (Å²) in [6.07, 6.45) is 0. The smallest absolute Gasteiger partial charge is 0.221 e. The molecule has 0 saturated heterocycles. The predicted octanol–water partition coefficient (Wildman–Crippen LogP) is 3.63. The highest BCUT2D eigenvalue weighted by Crippen LogP contribution is 2.27. The predicted molar refractivity (Wildman–Crippen MR) is 84.9 cm³/mol. The molecule has 4 nitrogen and oxygen atoms in total. The van der Waals surface area contributed by atoms with Gasteiger partial charge in [-0.1, -0.05) is 42.5 Å². The molecule has 108 valence electrons. The summed E-state index contributed by atoms with van der Waals surface area (Å²) in [6, 6.07) is 15.8. The number of Topliss-reactive ketones (excluding diaryl/α,β-unsaturated/α-hetero) is 1. The summed E-state index contributed by atoms with van der Waals surface area (Å²) < 4.78 is 5.61. The summed E-state index contributed by atoms with van der Waals surface area (Å²) in [4.78, 5) is 23.4. The number of benzene rings is 2. The fourth-order valence-electron chi connectivity index (χ4n) is 1.76. The monoisotopic (exact) mass is 347 g/mol. The Kier molecular flexibility index (Phi) is 5.11. The number of hydrogen-bond donors (Lipinski definition) is 1. The Morgan fingerprint density at radius 3 is 2.33 bits per heavy atom. The van der Waals surface area contributed by atoms with E-state index in [-0.39, 0.29) is 11.7 Å². The third-order valence-electron chi connectivity index (χ3n) is 2.69. The summed E-state index contributed by atoms with van der Waals surface area (Å²) in [5.74, 6) is 0.0404. The molecule has 1 unspecified atom stereocenters. The lowest BCUT2D eigenvalue weighted by Crippen LogP contribution is -2.21. The fraction of sp³-hybridized carbons (Fsp3) is 0.125. The number of halogens is 1. The minimum absolute atomic E-state index is 0.187. The SMILES string of the molecule is CC(=O)Nc1ccccc1OC(Br)C(=O)c1ccccc1. The van der Waals surface area contributed by atoms with Gasteiger partial charge in [-0.05, 0) is 28.1 Å². The number of ketones is 1. The van der Waals surface area contributed by atoms with Crippen molar-refractivity contribution >= 4 is 33.3 Å². The van der Waals surface area contributed by atoms with E-state index in [0.29, 0.717) is 17.0 Å². The van der Waals surface area contributed by atoms with Crippen molar-refractivity contribution < 1.29 is 14.3 Å². The number of para-hydroxylation sites is 2. The maximum Gasteiger partial charge on any atom is 0.221 e.